The molecule has 1 amide bonds. The summed E-state index contributed by atoms with van der Waals surface area (Å²) in [5.74, 6) is 0.00785. The van der Waals surface area contributed by atoms with Crippen LogP contribution in [-0.2, 0) is 4.79 Å². The summed E-state index contributed by atoms with van der Waals surface area (Å²) in [4.78, 5) is 11.2. The lowest BCUT2D eigenvalue weighted by Crippen LogP contribution is -2.15. The molecule has 118 valence electrons. The van der Waals surface area contributed by atoms with Crippen molar-refractivity contribution in [2.45, 2.75) is 44.9 Å². The number of aromatic nitrogens is 2. The van der Waals surface area contributed by atoms with E-state index in [0.717, 1.165) is 31.4 Å². The molecule has 1 aromatic heterocycles. The van der Waals surface area contributed by atoms with Crippen LogP contribution in [0.2, 0.25) is 0 Å². The molecule has 0 saturated carbocycles. The lowest BCUT2D eigenvalue weighted by atomic mass is 9.97. The Balaban J connectivity index is 2.03. The molecule has 6 nitrogen and oxygen atoms in total. The van der Waals surface area contributed by atoms with Gasteiger partial charge in [-0.2, -0.15) is 0 Å². The van der Waals surface area contributed by atoms with Gasteiger partial charge >= 0.3 is 6.01 Å². The number of primary amides is 1. The van der Waals surface area contributed by atoms with E-state index in [1.165, 1.54) is 0 Å². The van der Waals surface area contributed by atoms with E-state index < -0.39 is 0 Å². The zero-order valence-electron chi connectivity index (χ0n) is 12.8. The van der Waals surface area contributed by atoms with E-state index in [4.69, 9.17) is 10.2 Å². The summed E-state index contributed by atoms with van der Waals surface area (Å²) in [5.41, 5.74) is 6.19. The van der Waals surface area contributed by atoms with Gasteiger partial charge < -0.3 is 15.5 Å². The van der Waals surface area contributed by atoms with Gasteiger partial charge in [0.15, 0.2) is 0 Å². The number of hydrogen-bond donors (Lipinski definition) is 2. The van der Waals surface area contributed by atoms with Crippen molar-refractivity contribution in [2.24, 2.45) is 5.73 Å². The van der Waals surface area contributed by atoms with Gasteiger partial charge in [-0.05, 0) is 18.6 Å². The smallest absolute Gasteiger partial charge is 0.320 e. The number of rotatable bonds is 9. The predicted molar refractivity (Wildman–Crippen MR) is 84.7 cm³/mol. The van der Waals surface area contributed by atoms with Gasteiger partial charge in [0.1, 0.15) is 0 Å². The largest absolute Gasteiger partial charge is 0.408 e. The van der Waals surface area contributed by atoms with Crippen LogP contribution in [0.15, 0.2) is 34.7 Å². The van der Waals surface area contributed by atoms with Crippen LogP contribution in [0.3, 0.4) is 0 Å². The molecule has 1 aromatic carbocycles. The minimum Gasteiger partial charge on any atom is -0.408 e. The first-order valence-electron chi connectivity index (χ1n) is 7.62. The van der Waals surface area contributed by atoms with Gasteiger partial charge in [-0.3, -0.25) is 4.79 Å². The summed E-state index contributed by atoms with van der Waals surface area (Å²) in [7, 11) is 0. The summed E-state index contributed by atoms with van der Waals surface area (Å²) in [6.45, 7) is 2.14. The van der Waals surface area contributed by atoms with Crippen molar-refractivity contribution in [3.8, 4) is 0 Å². The Labute approximate surface area is 130 Å². The molecular formula is C16H22N4O2. The quantitative estimate of drug-likeness (QED) is 0.693. The Morgan fingerprint density at radius 2 is 2.05 bits per heavy atom. The molecule has 2 aromatic rings. The normalized spacial score (nSPS) is 12.0. The van der Waals surface area contributed by atoms with Crippen molar-refractivity contribution in [3.63, 3.8) is 0 Å². The standard InChI is InChI=1S/C16H22N4O2/c1-2-3-5-8-12(11-14(17)21)15-19-20-16(22-15)18-13-9-6-4-7-10-13/h4,6-7,9-10,12H,2-3,5,8,11H2,1H3,(H2,17,21)(H,18,20). The topological polar surface area (TPSA) is 94.0 Å². The fourth-order valence-electron chi connectivity index (χ4n) is 2.29. The van der Waals surface area contributed by atoms with Gasteiger partial charge in [0, 0.05) is 18.0 Å². The average Bonchev–Trinajstić information content (AvgIpc) is 2.95. The number of hydrogen-bond acceptors (Lipinski definition) is 5. The number of nitrogens with two attached hydrogens (primary N) is 1. The summed E-state index contributed by atoms with van der Waals surface area (Å²) in [5, 5.41) is 11.1. The second-order valence-corrected chi connectivity index (χ2v) is 5.30. The molecule has 6 heteroatoms. The Morgan fingerprint density at radius 3 is 2.73 bits per heavy atom. The van der Waals surface area contributed by atoms with E-state index in [1.54, 1.807) is 0 Å². The predicted octanol–water partition coefficient (Wildman–Crippen LogP) is 3.35. The van der Waals surface area contributed by atoms with E-state index >= 15 is 0 Å². The highest BCUT2D eigenvalue weighted by molar-refractivity contribution is 5.74. The maximum Gasteiger partial charge on any atom is 0.320 e. The van der Waals surface area contributed by atoms with Gasteiger partial charge in [0.05, 0.1) is 0 Å². The monoisotopic (exact) mass is 302 g/mol. The highest BCUT2D eigenvalue weighted by Gasteiger charge is 2.20. The second-order valence-electron chi connectivity index (χ2n) is 5.30. The molecule has 0 aliphatic rings. The van der Waals surface area contributed by atoms with Crippen LogP contribution in [-0.4, -0.2) is 16.1 Å². The van der Waals surface area contributed by atoms with Crippen molar-refractivity contribution < 1.29 is 9.21 Å². The summed E-state index contributed by atoms with van der Waals surface area (Å²) >= 11 is 0. The molecule has 0 bridgehead atoms. The lowest BCUT2D eigenvalue weighted by molar-refractivity contribution is -0.118. The molecule has 22 heavy (non-hydrogen) atoms. The molecule has 0 spiro atoms. The van der Waals surface area contributed by atoms with Crippen molar-refractivity contribution in [1.82, 2.24) is 10.2 Å². The van der Waals surface area contributed by atoms with Crippen LogP contribution in [0.25, 0.3) is 0 Å². The summed E-state index contributed by atoms with van der Waals surface area (Å²) in [6, 6.07) is 9.91. The third kappa shape index (κ3) is 4.87. The van der Waals surface area contributed by atoms with Crippen LogP contribution in [0.4, 0.5) is 11.7 Å². The summed E-state index contributed by atoms with van der Waals surface area (Å²) < 4.78 is 5.64. The number of nitrogens with one attached hydrogen (secondary N) is 1. The van der Waals surface area contributed by atoms with Crippen LogP contribution < -0.4 is 11.1 Å². The third-order valence-corrected chi connectivity index (χ3v) is 3.42. The highest BCUT2D eigenvalue weighted by atomic mass is 16.4. The maximum absolute atomic E-state index is 11.2. The van der Waals surface area contributed by atoms with E-state index in [1.807, 2.05) is 30.3 Å². The number of carbonyl (C=O) groups excluding carboxylic acids is 1. The molecule has 0 aliphatic carbocycles. The van der Waals surface area contributed by atoms with Gasteiger partial charge in [0.25, 0.3) is 0 Å². The molecule has 1 heterocycles. The minimum atomic E-state index is -0.350. The van der Waals surface area contributed by atoms with Crippen molar-refractivity contribution in [3.05, 3.63) is 36.2 Å². The lowest BCUT2D eigenvalue weighted by Gasteiger charge is -2.10. The maximum atomic E-state index is 11.2. The Bertz CT molecular complexity index is 583. The number of para-hydroxylation sites is 1. The first kappa shape index (κ1) is 16.0. The van der Waals surface area contributed by atoms with Crippen molar-refractivity contribution in [1.29, 1.82) is 0 Å². The van der Waals surface area contributed by atoms with Gasteiger partial charge in [-0.25, -0.2) is 0 Å². The van der Waals surface area contributed by atoms with Gasteiger partial charge in [-0.1, -0.05) is 49.5 Å². The zero-order chi connectivity index (χ0) is 15.8. The summed E-state index contributed by atoms with van der Waals surface area (Å²) in [6.07, 6.45) is 4.30. The Kier molecular flexibility index (Phi) is 5.94. The molecule has 0 aliphatic heterocycles. The van der Waals surface area contributed by atoms with E-state index in [2.05, 4.69) is 22.4 Å². The first-order chi connectivity index (χ1) is 10.7. The molecule has 1 atom stereocenters. The highest BCUT2D eigenvalue weighted by Crippen LogP contribution is 2.26. The molecule has 0 saturated heterocycles. The fourth-order valence-corrected chi connectivity index (χ4v) is 2.29. The van der Waals surface area contributed by atoms with E-state index in [9.17, 15) is 4.79 Å². The SMILES string of the molecule is CCCCCC(CC(N)=O)c1nnc(Nc2ccccc2)o1. The molecule has 2 rings (SSSR count). The molecular weight excluding hydrogens is 280 g/mol. The number of amides is 1. The van der Waals surface area contributed by atoms with Crippen LogP contribution in [0, 0.1) is 0 Å². The second kappa shape index (κ2) is 8.17. The molecule has 1 unspecified atom stereocenters. The Morgan fingerprint density at radius 1 is 1.27 bits per heavy atom. The zero-order valence-corrected chi connectivity index (χ0v) is 12.8. The molecule has 0 radical (unpaired) electrons. The number of nitrogens with zero attached hydrogens (tertiary/aromatic N) is 2. The van der Waals surface area contributed by atoms with E-state index in [-0.39, 0.29) is 18.2 Å². The fraction of sp³-hybridized carbons (Fsp3) is 0.438. The molecule has 0 fully saturated rings. The van der Waals surface area contributed by atoms with Gasteiger partial charge in [0.2, 0.25) is 11.8 Å². The number of anilines is 2. The first-order valence-corrected chi connectivity index (χ1v) is 7.62. The number of benzene rings is 1. The van der Waals surface area contributed by atoms with Crippen LogP contribution in [0.1, 0.15) is 50.8 Å². The van der Waals surface area contributed by atoms with E-state index in [0.29, 0.717) is 11.9 Å². The van der Waals surface area contributed by atoms with Crippen molar-refractivity contribution >= 4 is 17.6 Å². The van der Waals surface area contributed by atoms with Crippen LogP contribution >= 0.6 is 0 Å². The van der Waals surface area contributed by atoms with Crippen molar-refractivity contribution in [2.75, 3.05) is 5.32 Å². The third-order valence-electron chi connectivity index (χ3n) is 3.42. The average molecular weight is 302 g/mol. The van der Waals surface area contributed by atoms with Gasteiger partial charge in [-0.15, -0.1) is 5.10 Å². The minimum absolute atomic E-state index is 0.108. The number of carbonyl (C=O) groups is 1. The number of unbranched alkanes of at least 4 members (excludes halogenated alkanes) is 2. The molecule has 3 N–H and O–H groups in total. The Hall–Kier alpha value is -2.37. The van der Waals surface area contributed by atoms with Crippen LogP contribution in [0.5, 0.6) is 0 Å².